The minimum absolute atomic E-state index is 0.0598. The molecule has 0 saturated heterocycles. The summed E-state index contributed by atoms with van der Waals surface area (Å²) in [6.45, 7) is 16.8. The Labute approximate surface area is 268 Å². The third kappa shape index (κ3) is 12.2. The van der Waals surface area contributed by atoms with Crippen molar-refractivity contribution in [1.82, 2.24) is 15.5 Å². The zero-order valence-electron chi connectivity index (χ0n) is 28.7. The van der Waals surface area contributed by atoms with Crippen LogP contribution < -0.4 is 10.6 Å². The number of carboxylic acid groups (broad SMARTS) is 1. The molecule has 0 heterocycles. The van der Waals surface area contributed by atoms with Crippen LogP contribution in [0.25, 0.3) is 0 Å². The molecule has 0 aromatic heterocycles. The predicted molar refractivity (Wildman–Crippen MR) is 173 cm³/mol. The Morgan fingerprint density at radius 1 is 0.689 bits per heavy atom. The van der Waals surface area contributed by atoms with Gasteiger partial charge in [-0.2, -0.15) is 0 Å². The van der Waals surface area contributed by atoms with Crippen LogP contribution in [-0.2, 0) is 28.8 Å². The molecule has 252 valence electrons. The summed E-state index contributed by atoms with van der Waals surface area (Å²) in [6, 6.07) is 0. The largest absolute Gasteiger partial charge is 0.481 e. The second kappa shape index (κ2) is 16.3. The maximum absolute atomic E-state index is 13.2. The Kier molecular flexibility index (Phi) is 13.7. The van der Waals surface area contributed by atoms with E-state index in [0.717, 1.165) is 0 Å². The Balaban J connectivity index is 2.23. The van der Waals surface area contributed by atoms with Crippen molar-refractivity contribution in [3.05, 3.63) is 22.5 Å². The third-order valence-electron chi connectivity index (χ3n) is 8.07. The Morgan fingerprint density at radius 3 is 1.36 bits per heavy atom. The van der Waals surface area contributed by atoms with E-state index in [0.29, 0.717) is 63.0 Å². The molecular formula is C35H55N3O7. The van der Waals surface area contributed by atoms with Crippen LogP contribution in [0.4, 0.5) is 0 Å². The lowest BCUT2D eigenvalue weighted by molar-refractivity contribution is -0.137. The number of nitrogens with one attached hydrogen (secondary N) is 2. The average Bonchev–Trinajstić information content (AvgIpc) is 2.84. The first-order valence-electron chi connectivity index (χ1n) is 16.4. The van der Waals surface area contributed by atoms with Crippen LogP contribution in [0.15, 0.2) is 22.5 Å². The lowest BCUT2D eigenvalue weighted by Gasteiger charge is -2.31. The number of nitrogens with zero attached hydrogens (tertiary/aromatic N) is 1. The van der Waals surface area contributed by atoms with Crippen molar-refractivity contribution in [2.45, 2.75) is 113 Å². The molecular weight excluding hydrogens is 574 g/mol. The van der Waals surface area contributed by atoms with E-state index in [2.05, 4.69) is 10.6 Å². The van der Waals surface area contributed by atoms with E-state index in [1.54, 1.807) is 4.90 Å². The Morgan fingerprint density at radius 2 is 1.04 bits per heavy atom. The van der Waals surface area contributed by atoms with E-state index >= 15 is 0 Å². The number of carbonyl (C=O) groups excluding carboxylic acids is 5. The summed E-state index contributed by atoms with van der Waals surface area (Å²) in [7, 11) is 0. The number of amides is 1. The van der Waals surface area contributed by atoms with Gasteiger partial charge in [0.2, 0.25) is 5.91 Å². The fourth-order valence-electron chi connectivity index (χ4n) is 6.14. The van der Waals surface area contributed by atoms with Gasteiger partial charge in [-0.1, -0.05) is 55.4 Å². The highest BCUT2D eigenvalue weighted by atomic mass is 16.4. The first-order chi connectivity index (χ1) is 20.8. The van der Waals surface area contributed by atoms with Gasteiger partial charge in [-0.05, 0) is 41.9 Å². The molecule has 0 unspecified atom stereocenters. The monoisotopic (exact) mass is 629 g/mol. The second-order valence-corrected chi connectivity index (χ2v) is 15.1. The topological polar surface area (TPSA) is 150 Å². The molecule has 0 aromatic rings. The van der Waals surface area contributed by atoms with E-state index < -0.39 is 5.97 Å². The van der Waals surface area contributed by atoms with E-state index in [1.807, 2.05) is 55.4 Å². The van der Waals surface area contributed by atoms with E-state index in [1.165, 1.54) is 0 Å². The van der Waals surface area contributed by atoms with Crippen molar-refractivity contribution >= 4 is 35.0 Å². The fourth-order valence-corrected chi connectivity index (χ4v) is 6.14. The number of carboxylic acids is 1. The molecule has 10 heteroatoms. The molecule has 2 saturated carbocycles. The average molecular weight is 630 g/mol. The van der Waals surface area contributed by atoms with Gasteiger partial charge in [-0.3, -0.25) is 28.8 Å². The molecule has 10 nitrogen and oxygen atoms in total. The maximum atomic E-state index is 13.2. The molecule has 2 aliphatic rings. The molecule has 0 bridgehead atoms. The first kappa shape index (κ1) is 37.9. The van der Waals surface area contributed by atoms with E-state index in [9.17, 15) is 28.8 Å². The minimum Gasteiger partial charge on any atom is -0.481 e. The van der Waals surface area contributed by atoms with Gasteiger partial charge in [-0.25, -0.2) is 0 Å². The van der Waals surface area contributed by atoms with Crippen LogP contribution in [0.2, 0.25) is 0 Å². The molecule has 3 N–H and O–H groups in total. The smallest absolute Gasteiger partial charge is 0.303 e. The number of aliphatic carboxylic acids is 1. The van der Waals surface area contributed by atoms with Crippen molar-refractivity contribution < 1.29 is 33.9 Å². The van der Waals surface area contributed by atoms with Gasteiger partial charge in [-0.15, -0.1) is 0 Å². The van der Waals surface area contributed by atoms with Gasteiger partial charge in [0, 0.05) is 76.1 Å². The molecule has 2 rings (SSSR count). The van der Waals surface area contributed by atoms with Gasteiger partial charge in [0.05, 0.1) is 11.1 Å². The molecule has 0 spiro atoms. The summed E-state index contributed by atoms with van der Waals surface area (Å²) in [5, 5.41) is 15.6. The first-order valence-corrected chi connectivity index (χ1v) is 16.4. The zero-order valence-corrected chi connectivity index (χ0v) is 28.7. The molecule has 0 atom stereocenters. The Hall–Kier alpha value is -3.30. The van der Waals surface area contributed by atoms with Crippen LogP contribution in [0.1, 0.15) is 113 Å². The highest BCUT2D eigenvalue weighted by molar-refractivity contribution is 6.23. The summed E-state index contributed by atoms with van der Waals surface area (Å²) < 4.78 is 0. The van der Waals surface area contributed by atoms with Gasteiger partial charge < -0.3 is 20.6 Å². The molecule has 0 aromatic carbocycles. The van der Waals surface area contributed by atoms with E-state index in [4.69, 9.17) is 5.11 Å². The third-order valence-corrected chi connectivity index (χ3v) is 8.07. The highest BCUT2D eigenvalue weighted by Gasteiger charge is 2.38. The van der Waals surface area contributed by atoms with Gasteiger partial charge in [0.15, 0.2) is 23.1 Å². The number of allylic oxidation sites excluding steroid dienone is 4. The number of rotatable bonds is 16. The quantitative estimate of drug-likeness (QED) is 0.162. The highest BCUT2D eigenvalue weighted by Crippen LogP contribution is 2.36. The molecule has 0 aliphatic heterocycles. The normalized spacial score (nSPS) is 18.0. The number of ketones is 4. The molecule has 0 radical (unpaired) electrons. The van der Waals surface area contributed by atoms with Crippen LogP contribution in [0.5, 0.6) is 0 Å². The molecule has 2 fully saturated rings. The second-order valence-electron chi connectivity index (χ2n) is 15.1. The van der Waals surface area contributed by atoms with Crippen molar-refractivity contribution in [3.63, 3.8) is 0 Å². The summed E-state index contributed by atoms with van der Waals surface area (Å²) >= 11 is 0. The van der Waals surface area contributed by atoms with Crippen LogP contribution in [0, 0.1) is 22.7 Å². The van der Waals surface area contributed by atoms with Crippen LogP contribution >= 0.6 is 0 Å². The van der Waals surface area contributed by atoms with Gasteiger partial charge in [0.1, 0.15) is 0 Å². The van der Waals surface area contributed by atoms with Crippen molar-refractivity contribution in [1.29, 1.82) is 0 Å². The summed E-state index contributed by atoms with van der Waals surface area (Å²) in [4.78, 5) is 78.0. The number of carbonyl (C=O) groups is 6. The standard InChI is InChI=1S/C35H55N3O7/c1-22(2)16-24(32-26(39)18-34(5,6)19-27(32)40)36-12-14-38(30(43)10-9-11-31(44)45)15-13-37-25(17-23(3)4)33-28(41)20-35(7,8)21-29(33)42/h22-23,36-37H,9-21H2,1-8H3,(H,44,45). The molecule has 1 amide bonds. The van der Waals surface area contributed by atoms with Crippen molar-refractivity contribution in [2.75, 3.05) is 26.2 Å². The van der Waals surface area contributed by atoms with E-state index in [-0.39, 0.29) is 95.2 Å². The minimum atomic E-state index is -0.970. The number of Topliss-reactive ketones (excluding diaryl/α,β-unsaturated/α-hetero) is 4. The lowest BCUT2D eigenvalue weighted by Crippen LogP contribution is -2.42. The van der Waals surface area contributed by atoms with Crippen LogP contribution in [0.3, 0.4) is 0 Å². The molecule has 45 heavy (non-hydrogen) atoms. The van der Waals surface area contributed by atoms with Gasteiger partial charge in [0.25, 0.3) is 0 Å². The van der Waals surface area contributed by atoms with Crippen molar-refractivity contribution in [2.24, 2.45) is 22.7 Å². The SMILES string of the molecule is CC(C)CC(NCCN(CCNC(CC(C)C)=C1C(=O)CC(C)(C)CC1=O)C(=O)CCCC(=O)O)=C1C(=O)CC(C)(C)CC1=O. The summed E-state index contributed by atoms with van der Waals surface area (Å²) in [5.74, 6) is -1.44. The summed E-state index contributed by atoms with van der Waals surface area (Å²) in [5.41, 5.74) is 0.929. The van der Waals surface area contributed by atoms with Crippen LogP contribution in [-0.4, -0.2) is 71.2 Å². The maximum Gasteiger partial charge on any atom is 0.303 e. The number of hydrogen-bond donors (Lipinski definition) is 3. The lowest BCUT2D eigenvalue weighted by atomic mass is 9.73. The van der Waals surface area contributed by atoms with Crippen molar-refractivity contribution in [3.8, 4) is 0 Å². The Bertz CT molecular complexity index is 1100. The number of hydrogen-bond acceptors (Lipinski definition) is 8. The fraction of sp³-hybridized carbons (Fsp3) is 0.714. The van der Waals surface area contributed by atoms with Gasteiger partial charge >= 0.3 is 5.97 Å². The molecule has 2 aliphatic carbocycles. The zero-order chi connectivity index (χ0) is 34.1. The summed E-state index contributed by atoms with van der Waals surface area (Å²) in [6.07, 6.45) is 2.38. The predicted octanol–water partition coefficient (Wildman–Crippen LogP) is 4.77.